The van der Waals surface area contributed by atoms with Crippen molar-refractivity contribution in [3.8, 4) is 0 Å². The van der Waals surface area contributed by atoms with Crippen LogP contribution in [0.4, 0.5) is 13.2 Å². The van der Waals surface area contributed by atoms with Gasteiger partial charge < -0.3 is 10.4 Å². The Hall–Kier alpha value is -1.56. The van der Waals surface area contributed by atoms with Gasteiger partial charge in [0, 0.05) is 24.2 Å². The first-order valence-electron chi connectivity index (χ1n) is 4.98. The maximum Gasteiger partial charge on any atom is 0.224 e. The van der Waals surface area contributed by atoms with Crippen molar-refractivity contribution < 1.29 is 23.1 Å². The highest BCUT2D eigenvalue weighted by molar-refractivity contribution is 5.78. The Morgan fingerprint density at radius 2 is 1.88 bits per heavy atom. The molecule has 0 spiro atoms. The standard InChI is InChI=1S/C11H12F3NO2/c1-6(16)5-15-11(17)4-8-9(13)2-7(12)3-10(8)14/h2-3,6,16H,4-5H2,1H3,(H,15,17). The maximum atomic E-state index is 13.2. The first kappa shape index (κ1) is 13.5. The Balaban J connectivity index is 2.72. The van der Waals surface area contributed by atoms with E-state index in [-0.39, 0.29) is 6.54 Å². The number of nitrogens with one attached hydrogen (secondary N) is 1. The van der Waals surface area contributed by atoms with Crippen molar-refractivity contribution in [3.05, 3.63) is 35.1 Å². The van der Waals surface area contributed by atoms with Crippen molar-refractivity contribution >= 4 is 5.91 Å². The molecule has 0 saturated carbocycles. The zero-order valence-electron chi connectivity index (χ0n) is 9.14. The number of hydrogen-bond acceptors (Lipinski definition) is 2. The predicted octanol–water partition coefficient (Wildman–Crippen LogP) is 1.14. The fourth-order valence-corrected chi connectivity index (χ4v) is 1.23. The van der Waals surface area contributed by atoms with Gasteiger partial charge in [-0.25, -0.2) is 13.2 Å². The summed E-state index contributed by atoms with van der Waals surface area (Å²) < 4.78 is 38.9. The van der Waals surface area contributed by atoms with Crippen LogP contribution in [0.5, 0.6) is 0 Å². The fraction of sp³-hybridized carbons (Fsp3) is 0.364. The van der Waals surface area contributed by atoms with Gasteiger partial charge in [0.2, 0.25) is 5.91 Å². The molecule has 1 amide bonds. The van der Waals surface area contributed by atoms with Gasteiger partial charge in [-0.3, -0.25) is 4.79 Å². The molecule has 0 fully saturated rings. The van der Waals surface area contributed by atoms with Crippen LogP contribution in [0.15, 0.2) is 12.1 Å². The number of carbonyl (C=O) groups excluding carboxylic acids is 1. The average molecular weight is 247 g/mol. The van der Waals surface area contributed by atoms with Crippen LogP contribution in [-0.4, -0.2) is 23.7 Å². The second-order valence-electron chi connectivity index (χ2n) is 3.68. The molecule has 0 heterocycles. The Bertz CT molecular complexity index is 398. The summed E-state index contributed by atoms with van der Waals surface area (Å²) in [6.45, 7) is 1.45. The molecule has 2 N–H and O–H groups in total. The molecule has 0 aliphatic rings. The maximum absolute atomic E-state index is 13.2. The van der Waals surface area contributed by atoms with Gasteiger partial charge in [-0.2, -0.15) is 0 Å². The topological polar surface area (TPSA) is 49.3 Å². The van der Waals surface area contributed by atoms with Crippen molar-refractivity contribution in [2.75, 3.05) is 6.54 Å². The van der Waals surface area contributed by atoms with Crippen molar-refractivity contribution in [1.29, 1.82) is 0 Å². The van der Waals surface area contributed by atoms with E-state index in [9.17, 15) is 18.0 Å². The SMILES string of the molecule is CC(O)CNC(=O)Cc1c(F)cc(F)cc1F. The van der Waals surface area contributed by atoms with Gasteiger partial charge >= 0.3 is 0 Å². The number of rotatable bonds is 4. The normalized spacial score (nSPS) is 12.3. The minimum Gasteiger partial charge on any atom is -0.392 e. The second-order valence-corrected chi connectivity index (χ2v) is 3.68. The number of amides is 1. The van der Waals surface area contributed by atoms with Crippen LogP contribution in [0.1, 0.15) is 12.5 Å². The minimum absolute atomic E-state index is 0.0106. The van der Waals surface area contributed by atoms with Gasteiger partial charge in [0.25, 0.3) is 0 Å². The van der Waals surface area contributed by atoms with Crippen LogP contribution in [-0.2, 0) is 11.2 Å². The Labute approximate surface area is 96.3 Å². The Morgan fingerprint density at radius 1 is 1.35 bits per heavy atom. The third-order valence-electron chi connectivity index (χ3n) is 2.04. The molecule has 0 bridgehead atoms. The zero-order valence-corrected chi connectivity index (χ0v) is 9.14. The first-order valence-corrected chi connectivity index (χ1v) is 4.98. The summed E-state index contributed by atoms with van der Waals surface area (Å²) in [5.41, 5.74) is -0.491. The van der Waals surface area contributed by atoms with Crippen LogP contribution in [0, 0.1) is 17.5 Å². The van der Waals surface area contributed by atoms with Crippen LogP contribution >= 0.6 is 0 Å². The third kappa shape index (κ3) is 4.07. The molecule has 1 rings (SSSR count). The van der Waals surface area contributed by atoms with Gasteiger partial charge in [0.1, 0.15) is 17.5 Å². The smallest absolute Gasteiger partial charge is 0.224 e. The highest BCUT2D eigenvalue weighted by atomic mass is 19.1. The quantitative estimate of drug-likeness (QED) is 0.838. The molecule has 0 radical (unpaired) electrons. The lowest BCUT2D eigenvalue weighted by molar-refractivity contribution is -0.120. The first-order chi connectivity index (χ1) is 7.90. The lowest BCUT2D eigenvalue weighted by Gasteiger charge is -2.08. The summed E-state index contributed by atoms with van der Waals surface area (Å²) in [5.74, 6) is -3.88. The number of carbonyl (C=O) groups is 1. The average Bonchev–Trinajstić information content (AvgIpc) is 2.20. The molecule has 1 aromatic carbocycles. The molecule has 1 atom stereocenters. The van der Waals surface area contributed by atoms with E-state index in [1.54, 1.807) is 0 Å². The molecule has 17 heavy (non-hydrogen) atoms. The number of benzene rings is 1. The monoisotopic (exact) mass is 247 g/mol. The van der Waals surface area contributed by atoms with E-state index in [1.807, 2.05) is 0 Å². The fourth-order valence-electron chi connectivity index (χ4n) is 1.23. The highest BCUT2D eigenvalue weighted by Gasteiger charge is 2.15. The number of hydrogen-bond donors (Lipinski definition) is 2. The minimum atomic E-state index is -1.10. The van der Waals surface area contributed by atoms with Gasteiger partial charge in [0.05, 0.1) is 12.5 Å². The molecular formula is C11H12F3NO2. The van der Waals surface area contributed by atoms with E-state index >= 15 is 0 Å². The molecule has 0 aliphatic heterocycles. The molecule has 1 aromatic rings. The van der Waals surface area contributed by atoms with Gasteiger partial charge in [-0.15, -0.1) is 0 Å². The molecule has 1 unspecified atom stereocenters. The van der Waals surface area contributed by atoms with E-state index in [1.165, 1.54) is 6.92 Å². The van der Waals surface area contributed by atoms with Crippen LogP contribution in [0.3, 0.4) is 0 Å². The van der Waals surface area contributed by atoms with Gasteiger partial charge in [0.15, 0.2) is 0 Å². The van der Waals surface area contributed by atoms with Crippen LogP contribution < -0.4 is 5.32 Å². The second kappa shape index (κ2) is 5.67. The summed E-state index contributed by atoms with van der Waals surface area (Å²) in [6, 6.07) is 1.03. The van der Waals surface area contributed by atoms with Crippen LogP contribution in [0.25, 0.3) is 0 Å². The lowest BCUT2D eigenvalue weighted by atomic mass is 10.1. The number of halogens is 3. The van der Waals surface area contributed by atoms with Gasteiger partial charge in [-0.05, 0) is 6.92 Å². The van der Waals surface area contributed by atoms with E-state index in [0.717, 1.165) is 0 Å². The van der Waals surface area contributed by atoms with Crippen molar-refractivity contribution in [3.63, 3.8) is 0 Å². The molecule has 3 nitrogen and oxygen atoms in total. The Kier molecular flexibility index (Phi) is 4.51. The number of aliphatic hydroxyl groups excluding tert-OH is 1. The summed E-state index contributed by atoms with van der Waals surface area (Å²) in [5, 5.41) is 11.2. The highest BCUT2D eigenvalue weighted by Crippen LogP contribution is 2.15. The van der Waals surface area contributed by atoms with Crippen molar-refractivity contribution in [2.45, 2.75) is 19.4 Å². The predicted molar refractivity (Wildman–Crippen MR) is 54.7 cm³/mol. The Morgan fingerprint density at radius 3 is 2.35 bits per heavy atom. The molecule has 94 valence electrons. The molecule has 0 aliphatic carbocycles. The number of aliphatic hydroxyl groups is 1. The summed E-state index contributed by atoms with van der Waals surface area (Å²) in [7, 11) is 0. The zero-order chi connectivity index (χ0) is 13.0. The van der Waals surface area contributed by atoms with E-state index < -0.39 is 41.4 Å². The third-order valence-corrected chi connectivity index (χ3v) is 2.04. The largest absolute Gasteiger partial charge is 0.392 e. The van der Waals surface area contributed by atoms with E-state index in [0.29, 0.717) is 12.1 Å². The summed E-state index contributed by atoms with van der Waals surface area (Å²) in [4.78, 5) is 11.3. The van der Waals surface area contributed by atoms with Crippen molar-refractivity contribution in [1.82, 2.24) is 5.32 Å². The summed E-state index contributed by atoms with van der Waals surface area (Å²) >= 11 is 0. The molecular weight excluding hydrogens is 235 g/mol. The molecule has 0 aromatic heterocycles. The lowest BCUT2D eigenvalue weighted by Crippen LogP contribution is -2.32. The van der Waals surface area contributed by atoms with E-state index in [4.69, 9.17) is 5.11 Å². The molecule has 0 saturated heterocycles. The molecule has 6 heteroatoms. The summed E-state index contributed by atoms with van der Waals surface area (Å²) in [6.07, 6.45) is -1.29. The van der Waals surface area contributed by atoms with Gasteiger partial charge in [-0.1, -0.05) is 0 Å². The van der Waals surface area contributed by atoms with E-state index in [2.05, 4.69) is 5.32 Å². The van der Waals surface area contributed by atoms with Crippen molar-refractivity contribution in [2.24, 2.45) is 0 Å². The van der Waals surface area contributed by atoms with Crippen LogP contribution in [0.2, 0.25) is 0 Å².